The Bertz CT molecular complexity index is 246. The largest absolute Gasteiger partial charge is 2.00 e. The van der Waals surface area contributed by atoms with E-state index < -0.39 is 27.7 Å². The minimum atomic E-state index is -5.39. The second-order valence-electron chi connectivity index (χ2n) is 1.88. The van der Waals surface area contributed by atoms with Crippen LogP contribution in [0.15, 0.2) is 0 Å². The predicted octanol–water partition coefficient (Wildman–Crippen LogP) is -7.91. The van der Waals surface area contributed by atoms with Crippen LogP contribution in [-0.4, -0.2) is 136 Å². The first-order valence-corrected chi connectivity index (χ1v) is 5.89. The van der Waals surface area contributed by atoms with Gasteiger partial charge in [-0.2, -0.15) is 15.6 Å². The number of carbonyl (C=O) groups excluding carboxylic acids is 1. The summed E-state index contributed by atoms with van der Waals surface area (Å²) >= 11 is 0. The van der Waals surface area contributed by atoms with Crippen LogP contribution in [0, 0.1) is 0 Å². The molecule has 0 aliphatic rings. The summed E-state index contributed by atoms with van der Waals surface area (Å²) in [5.41, 5.74) is 0. The van der Waals surface area contributed by atoms with Crippen LogP contribution in [-0.2, 0) is 13.9 Å². The van der Waals surface area contributed by atoms with Gasteiger partial charge in [0.1, 0.15) is 0 Å². The summed E-state index contributed by atoms with van der Waals surface area (Å²) in [6.07, 6.45) is -1.79. The monoisotopic (exact) mass is 400 g/mol. The number of rotatable bonds is 1. The van der Waals surface area contributed by atoms with Crippen molar-refractivity contribution in [2.45, 2.75) is 13.2 Å². The van der Waals surface area contributed by atoms with Crippen LogP contribution in [0.25, 0.3) is 0 Å². The van der Waals surface area contributed by atoms with Gasteiger partial charge in [-0.3, -0.25) is 4.79 Å². The molecule has 16 heteroatoms. The van der Waals surface area contributed by atoms with Crippen LogP contribution in [0.2, 0.25) is 0 Å². The third-order valence-electron chi connectivity index (χ3n) is 0.364. The fourth-order valence-corrected chi connectivity index (χ4v) is 0. The zero-order valence-electron chi connectivity index (χ0n) is 9.66. The fraction of sp³-hybridized carbons (Fsp3) is 0.667. The zero-order valence-corrected chi connectivity index (χ0v) is 18.1. The maximum Gasteiger partial charge on any atom is 2.00 e. The van der Waals surface area contributed by atoms with Crippen LogP contribution in [0.1, 0.15) is 6.92 Å². The number of Topliss-reactive ketones (excluding diaryl/α,β-unsaturated/α-hetero) is 1. The molecule has 0 aliphatic heterocycles. The standard InChI is InChI=1S/C3H6O3.3Ca.2H3O4P/c1-2(4)3(5)6;;;;2*1-5(2,3)4/h3,5-6H,1H3;;;;2*(H3,1,2,3,4)/q;3*+2;;/p-6. The first-order chi connectivity index (χ1) is 6.64. The van der Waals surface area contributed by atoms with E-state index in [1.54, 1.807) is 0 Å². The van der Waals surface area contributed by atoms with E-state index in [-0.39, 0.29) is 113 Å². The normalized spacial score (nSPS) is 9.16. The Kier molecular flexibility index (Phi) is 39.5. The smallest absolute Gasteiger partial charge is 0.822 e. The fourth-order valence-electron chi connectivity index (χ4n) is 0. The van der Waals surface area contributed by atoms with Gasteiger partial charge in [0.05, 0.1) is 0 Å². The molecule has 0 fully saturated rings. The van der Waals surface area contributed by atoms with Gasteiger partial charge in [0.2, 0.25) is 6.29 Å². The van der Waals surface area contributed by atoms with E-state index in [4.69, 9.17) is 48.7 Å². The van der Waals surface area contributed by atoms with Crippen molar-refractivity contribution in [3.8, 4) is 0 Å². The third kappa shape index (κ3) is 144. The molecule has 0 aromatic heterocycles. The molecule has 0 aromatic rings. The Hall–Kier alpha value is 3.59. The van der Waals surface area contributed by atoms with Crippen molar-refractivity contribution in [2.75, 3.05) is 0 Å². The van der Waals surface area contributed by atoms with Gasteiger partial charge in [-0.25, -0.2) is 0 Å². The molecule has 0 unspecified atom stereocenters. The summed E-state index contributed by atoms with van der Waals surface area (Å²) in [6, 6.07) is 0. The molecule has 0 saturated carbocycles. The molecule has 19 heavy (non-hydrogen) atoms. The van der Waals surface area contributed by atoms with Crippen molar-refractivity contribution < 1.29 is 53.5 Å². The van der Waals surface area contributed by atoms with Gasteiger partial charge < -0.3 is 48.7 Å². The molecule has 0 rings (SSSR count). The van der Waals surface area contributed by atoms with Crippen molar-refractivity contribution >= 4 is 135 Å². The second-order valence-corrected chi connectivity index (χ2v) is 3.67. The van der Waals surface area contributed by atoms with Gasteiger partial charge in [0.25, 0.3) is 0 Å². The number of aliphatic hydroxyl groups excluding tert-OH is 1. The van der Waals surface area contributed by atoms with Crippen LogP contribution >= 0.6 is 15.6 Å². The summed E-state index contributed by atoms with van der Waals surface area (Å²) in [5, 5.41) is 15.7. The molecule has 100 valence electrons. The quantitative estimate of drug-likeness (QED) is 0.238. The molecule has 0 radical (unpaired) electrons. The van der Waals surface area contributed by atoms with Gasteiger partial charge in [-0.1, -0.05) is 0 Å². The Morgan fingerprint density at radius 1 is 0.842 bits per heavy atom. The molecule has 0 atom stereocenters. The van der Waals surface area contributed by atoms with Gasteiger partial charge in [-0.15, -0.1) is 0 Å². The van der Waals surface area contributed by atoms with E-state index in [9.17, 15) is 4.79 Å². The molecule has 0 bridgehead atoms. The maximum atomic E-state index is 9.64. The van der Waals surface area contributed by atoms with Crippen molar-refractivity contribution in [1.82, 2.24) is 0 Å². The van der Waals surface area contributed by atoms with Gasteiger partial charge in [0, 0.05) is 0 Å². The average molecular weight is 400 g/mol. The minimum Gasteiger partial charge on any atom is -0.822 e. The molecule has 11 nitrogen and oxygen atoms in total. The summed E-state index contributed by atoms with van der Waals surface area (Å²) < 4.78 is 17.1. The van der Waals surface area contributed by atoms with E-state index in [1.165, 1.54) is 0 Å². The van der Waals surface area contributed by atoms with Crippen LogP contribution in [0.4, 0.5) is 0 Å². The first kappa shape index (κ1) is 38.3. The maximum absolute atomic E-state index is 9.64. The first-order valence-electron chi connectivity index (χ1n) is 2.97. The summed E-state index contributed by atoms with van der Waals surface area (Å²) in [4.78, 5) is 60.9. The molecular weight excluding hydrogens is 394 g/mol. The zero-order chi connectivity index (χ0) is 14.2. The number of hydrogen-bond donors (Lipinski definition) is 2. The van der Waals surface area contributed by atoms with Crippen molar-refractivity contribution in [3.05, 3.63) is 0 Å². The number of phosphoric acid groups is 2. The number of aliphatic hydroxyl groups is 2. The SMILES string of the molecule is CC(=O)C(O)O.O=P([O-])([O-])[O-].O=P([O-])([O-])[O-].[Ca+2].[Ca+2].[Ca+2]. The van der Waals surface area contributed by atoms with Gasteiger partial charge in [-0.05, 0) is 6.92 Å². The van der Waals surface area contributed by atoms with Gasteiger partial charge in [0.15, 0.2) is 5.78 Å². The average Bonchev–Trinajstić information content (AvgIpc) is 1.77. The summed E-state index contributed by atoms with van der Waals surface area (Å²) in [7, 11) is -10.8. The topological polar surface area (TPSA) is 230 Å². The number of carbonyl (C=O) groups is 1. The Morgan fingerprint density at radius 2 is 0.895 bits per heavy atom. The van der Waals surface area contributed by atoms with Crippen molar-refractivity contribution in [1.29, 1.82) is 0 Å². The van der Waals surface area contributed by atoms with E-state index in [0.29, 0.717) is 0 Å². The summed E-state index contributed by atoms with van der Waals surface area (Å²) in [6.45, 7) is 1.10. The molecule has 2 N–H and O–H groups in total. The number of ketones is 1. The summed E-state index contributed by atoms with van der Waals surface area (Å²) in [5.74, 6) is -0.630. The van der Waals surface area contributed by atoms with Gasteiger partial charge >= 0.3 is 113 Å². The van der Waals surface area contributed by atoms with Crippen molar-refractivity contribution in [2.24, 2.45) is 0 Å². The van der Waals surface area contributed by atoms with E-state index in [1.807, 2.05) is 0 Å². The predicted molar refractivity (Wildman–Crippen MR) is 51.4 cm³/mol. The molecule has 0 amide bonds. The number of hydrogen-bond acceptors (Lipinski definition) is 11. The molecule has 0 spiro atoms. The molecule has 0 aromatic carbocycles. The van der Waals surface area contributed by atoms with Crippen LogP contribution in [0.3, 0.4) is 0 Å². The van der Waals surface area contributed by atoms with Crippen molar-refractivity contribution in [3.63, 3.8) is 0 Å². The van der Waals surface area contributed by atoms with E-state index >= 15 is 0 Å². The van der Waals surface area contributed by atoms with Crippen LogP contribution in [0.5, 0.6) is 0 Å². The second kappa shape index (κ2) is 19.6. The van der Waals surface area contributed by atoms with E-state index in [2.05, 4.69) is 0 Å². The van der Waals surface area contributed by atoms with E-state index in [0.717, 1.165) is 6.92 Å². The molecule has 0 aliphatic carbocycles. The third-order valence-corrected chi connectivity index (χ3v) is 0.364. The van der Waals surface area contributed by atoms with Crippen LogP contribution < -0.4 is 29.4 Å². The molecular formula is C3H6Ca3O11P2. The molecule has 0 heterocycles. The Morgan fingerprint density at radius 3 is 0.895 bits per heavy atom. The molecule has 0 saturated heterocycles. The Labute approximate surface area is 197 Å². The minimum absolute atomic E-state index is 0. The Balaban J connectivity index is -0.0000000311.